The van der Waals surface area contributed by atoms with Crippen molar-refractivity contribution < 1.29 is 4.79 Å². The Balaban J connectivity index is 1.60. The Morgan fingerprint density at radius 2 is 2.17 bits per heavy atom. The molecule has 0 aromatic carbocycles. The zero-order valence-electron chi connectivity index (χ0n) is 14.5. The molecule has 1 fully saturated rings. The minimum atomic E-state index is 0.171. The quantitative estimate of drug-likeness (QED) is 0.265. The molecule has 0 aliphatic heterocycles. The Bertz CT molecular complexity index is 427. The Hall–Kier alpha value is -1.52. The molecule has 0 radical (unpaired) electrons. The summed E-state index contributed by atoms with van der Waals surface area (Å²) >= 11 is 0. The standard InChI is InChI=1S/C18H32N4O/c1-2-19-18(21-14-12-15-7-4-3-5-8-15)20-13-6-9-17(23)22-16-10-11-16/h7,16H,2-6,8-14H2,1H3,(H,22,23)(H2,19,20,21). The Kier molecular flexibility index (Phi) is 7.98. The highest BCUT2D eigenvalue weighted by Gasteiger charge is 2.22. The van der Waals surface area contributed by atoms with Crippen LogP contribution in [0.4, 0.5) is 0 Å². The molecule has 130 valence electrons. The van der Waals surface area contributed by atoms with Gasteiger partial charge in [-0.05, 0) is 58.3 Å². The second kappa shape index (κ2) is 10.3. The predicted molar refractivity (Wildman–Crippen MR) is 95.5 cm³/mol. The Morgan fingerprint density at radius 1 is 1.30 bits per heavy atom. The van der Waals surface area contributed by atoms with Crippen LogP contribution in [-0.4, -0.2) is 37.5 Å². The first-order valence-electron chi connectivity index (χ1n) is 9.27. The van der Waals surface area contributed by atoms with E-state index in [9.17, 15) is 4.79 Å². The summed E-state index contributed by atoms with van der Waals surface area (Å²) in [4.78, 5) is 16.2. The summed E-state index contributed by atoms with van der Waals surface area (Å²) in [7, 11) is 0. The molecule has 5 heteroatoms. The van der Waals surface area contributed by atoms with E-state index in [1.165, 1.54) is 25.7 Å². The van der Waals surface area contributed by atoms with E-state index in [1.54, 1.807) is 5.57 Å². The van der Waals surface area contributed by atoms with Gasteiger partial charge in [0, 0.05) is 32.1 Å². The van der Waals surface area contributed by atoms with Gasteiger partial charge in [0.05, 0.1) is 0 Å². The molecule has 0 aromatic heterocycles. The molecule has 1 amide bonds. The summed E-state index contributed by atoms with van der Waals surface area (Å²) in [5.74, 6) is 1.04. The normalized spacial score (nSPS) is 18.3. The lowest BCUT2D eigenvalue weighted by atomic mass is 9.97. The SMILES string of the molecule is CCNC(=NCCCC(=O)NC1CC1)NCCC1=CCCCC1. The fourth-order valence-corrected chi connectivity index (χ4v) is 2.77. The largest absolute Gasteiger partial charge is 0.357 e. The topological polar surface area (TPSA) is 65.5 Å². The molecule has 0 aromatic rings. The van der Waals surface area contributed by atoms with E-state index in [-0.39, 0.29) is 5.91 Å². The van der Waals surface area contributed by atoms with Gasteiger partial charge in [-0.25, -0.2) is 0 Å². The smallest absolute Gasteiger partial charge is 0.220 e. The molecule has 3 N–H and O–H groups in total. The lowest BCUT2D eigenvalue weighted by Crippen LogP contribution is -2.38. The molecule has 0 heterocycles. The van der Waals surface area contributed by atoms with Crippen molar-refractivity contribution in [1.82, 2.24) is 16.0 Å². The predicted octanol–water partition coefficient (Wildman–Crippen LogP) is 2.49. The molecule has 2 aliphatic rings. The molecule has 2 aliphatic carbocycles. The summed E-state index contributed by atoms with van der Waals surface area (Å²) < 4.78 is 0. The van der Waals surface area contributed by atoms with Crippen molar-refractivity contribution in [1.29, 1.82) is 0 Å². The lowest BCUT2D eigenvalue weighted by Gasteiger charge is -2.15. The van der Waals surface area contributed by atoms with Crippen LogP contribution in [0.1, 0.15) is 64.7 Å². The van der Waals surface area contributed by atoms with Crippen molar-refractivity contribution in [3.05, 3.63) is 11.6 Å². The van der Waals surface area contributed by atoms with E-state index in [4.69, 9.17) is 0 Å². The maximum atomic E-state index is 11.6. The number of carbonyl (C=O) groups excluding carboxylic acids is 1. The number of hydrogen-bond donors (Lipinski definition) is 3. The number of guanidine groups is 1. The van der Waals surface area contributed by atoms with Crippen molar-refractivity contribution in [2.75, 3.05) is 19.6 Å². The number of allylic oxidation sites excluding steroid dienone is 1. The Labute approximate surface area is 140 Å². The van der Waals surface area contributed by atoms with Crippen molar-refractivity contribution in [2.24, 2.45) is 4.99 Å². The Morgan fingerprint density at radius 3 is 2.87 bits per heavy atom. The third-order valence-electron chi connectivity index (χ3n) is 4.24. The molecule has 1 saturated carbocycles. The van der Waals surface area contributed by atoms with Crippen LogP contribution in [0.15, 0.2) is 16.6 Å². The van der Waals surface area contributed by atoms with E-state index in [0.29, 0.717) is 19.0 Å². The van der Waals surface area contributed by atoms with Crippen molar-refractivity contribution in [3.8, 4) is 0 Å². The average molecular weight is 320 g/mol. The fourth-order valence-electron chi connectivity index (χ4n) is 2.77. The number of amides is 1. The van der Waals surface area contributed by atoms with Gasteiger partial charge in [-0.2, -0.15) is 0 Å². The monoisotopic (exact) mass is 320 g/mol. The zero-order chi connectivity index (χ0) is 16.3. The third-order valence-corrected chi connectivity index (χ3v) is 4.24. The van der Waals surface area contributed by atoms with Crippen molar-refractivity contribution in [3.63, 3.8) is 0 Å². The molecular weight excluding hydrogens is 288 g/mol. The highest BCUT2D eigenvalue weighted by Crippen LogP contribution is 2.19. The number of rotatable bonds is 9. The van der Waals surface area contributed by atoms with Gasteiger partial charge in [-0.1, -0.05) is 11.6 Å². The van der Waals surface area contributed by atoms with Gasteiger partial charge in [0.25, 0.3) is 0 Å². The molecule has 0 spiro atoms. The summed E-state index contributed by atoms with van der Waals surface area (Å²) in [5, 5.41) is 9.68. The first kappa shape index (κ1) is 17.8. The maximum absolute atomic E-state index is 11.6. The van der Waals surface area contributed by atoms with Gasteiger partial charge in [0.2, 0.25) is 5.91 Å². The van der Waals surface area contributed by atoms with Crippen LogP contribution in [0.3, 0.4) is 0 Å². The van der Waals surface area contributed by atoms with Crippen LogP contribution in [0, 0.1) is 0 Å². The number of carbonyl (C=O) groups is 1. The van der Waals surface area contributed by atoms with Crippen molar-refractivity contribution >= 4 is 11.9 Å². The van der Waals surface area contributed by atoms with Gasteiger partial charge >= 0.3 is 0 Å². The van der Waals surface area contributed by atoms with E-state index in [0.717, 1.165) is 44.7 Å². The van der Waals surface area contributed by atoms with E-state index >= 15 is 0 Å². The molecular formula is C18H32N4O. The highest BCUT2D eigenvalue weighted by atomic mass is 16.1. The van der Waals surface area contributed by atoms with E-state index < -0.39 is 0 Å². The van der Waals surface area contributed by atoms with E-state index in [2.05, 4.69) is 33.9 Å². The lowest BCUT2D eigenvalue weighted by molar-refractivity contribution is -0.121. The maximum Gasteiger partial charge on any atom is 0.220 e. The van der Waals surface area contributed by atoms with Crippen LogP contribution >= 0.6 is 0 Å². The fraction of sp³-hybridized carbons (Fsp3) is 0.778. The molecule has 0 atom stereocenters. The number of nitrogens with zero attached hydrogens (tertiary/aromatic N) is 1. The van der Waals surface area contributed by atoms with Crippen LogP contribution in [0.2, 0.25) is 0 Å². The first-order valence-corrected chi connectivity index (χ1v) is 9.27. The van der Waals surface area contributed by atoms with Gasteiger partial charge < -0.3 is 16.0 Å². The second-order valence-electron chi connectivity index (χ2n) is 6.49. The zero-order valence-corrected chi connectivity index (χ0v) is 14.5. The molecule has 23 heavy (non-hydrogen) atoms. The number of nitrogens with one attached hydrogen (secondary N) is 3. The van der Waals surface area contributed by atoms with E-state index in [1.807, 2.05) is 0 Å². The molecule has 5 nitrogen and oxygen atoms in total. The molecule has 0 bridgehead atoms. The number of hydrogen-bond acceptors (Lipinski definition) is 2. The average Bonchev–Trinajstić information content (AvgIpc) is 3.36. The van der Waals surface area contributed by atoms with Gasteiger partial charge in [-0.3, -0.25) is 9.79 Å². The minimum absolute atomic E-state index is 0.171. The van der Waals surface area contributed by atoms with Crippen LogP contribution in [0.5, 0.6) is 0 Å². The van der Waals surface area contributed by atoms with Crippen molar-refractivity contribution in [2.45, 2.75) is 70.8 Å². The summed E-state index contributed by atoms with van der Waals surface area (Å²) in [6.45, 7) is 4.55. The van der Waals surface area contributed by atoms with Crippen LogP contribution < -0.4 is 16.0 Å². The summed E-state index contributed by atoms with van der Waals surface area (Å²) in [5.41, 5.74) is 1.58. The van der Waals surface area contributed by atoms with Gasteiger partial charge in [0.15, 0.2) is 5.96 Å². The minimum Gasteiger partial charge on any atom is -0.357 e. The van der Waals surface area contributed by atoms with Crippen LogP contribution in [-0.2, 0) is 4.79 Å². The second-order valence-corrected chi connectivity index (χ2v) is 6.49. The van der Waals surface area contributed by atoms with Gasteiger partial charge in [-0.15, -0.1) is 0 Å². The number of aliphatic imine (C=N–C) groups is 1. The summed E-state index contributed by atoms with van der Waals surface area (Å²) in [6.07, 6.45) is 12.4. The highest BCUT2D eigenvalue weighted by molar-refractivity contribution is 5.80. The molecule has 0 unspecified atom stereocenters. The molecule has 2 rings (SSSR count). The van der Waals surface area contributed by atoms with Crippen LogP contribution in [0.25, 0.3) is 0 Å². The van der Waals surface area contributed by atoms with Gasteiger partial charge in [0.1, 0.15) is 0 Å². The molecule has 0 saturated heterocycles. The first-order chi connectivity index (χ1) is 11.3. The third kappa shape index (κ3) is 8.05. The summed E-state index contributed by atoms with van der Waals surface area (Å²) in [6, 6.07) is 0.457.